The molecule has 0 spiro atoms. The highest BCUT2D eigenvalue weighted by Gasteiger charge is 2.22. The first-order valence-corrected chi connectivity index (χ1v) is 20.2. The van der Waals surface area contributed by atoms with Gasteiger partial charge in [-0.15, -0.1) is 0 Å². The zero-order valence-electron chi connectivity index (χ0n) is 33.3. The minimum atomic E-state index is -0.328. The summed E-state index contributed by atoms with van der Waals surface area (Å²) in [6.45, 7) is 11.4. The van der Waals surface area contributed by atoms with Gasteiger partial charge in [0, 0.05) is 6.54 Å². The molecular formula is C40H79N3O6. The van der Waals surface area contributed by atoms with Crippen molar-refractivity contribution in [1.29, 1.82) is 0 Å². The third-order valence-electron chi connectivity index (χ3n) is 9.42. The Hall–Kier alpha value is -1.87. The fourth-order valence-corrected chi connectivity index (χ4v) is 6.12. The number of nitrogens with one attached hydrogen (secondary N) is 1. The van der Waals surface area contributed by atoms with Crippen LogP contribution in [-0.2, 0) is 23.8 Å². The van der Waals surface area contributed by atoms with E-state index in [4.69, 9.17) is 14.2 Å². The first-order valence-electron chi connectivity index (χ1n) is 20.2. The Bertz CT molecular complexity index is 809. The van der Waals surface area contributed by atoms with Gasteiger partial charge in [-0.25, -0.2) is 4.79 Å². The van der Waals surface area contributed by atoms with Crippen molar-refractivity contribution in [2.75, 3.05) is 54.4 Å². The zero-order valence-corrected chi connectivity index (χ0v) is 33.3. The molecule has 0 aliphatic heterocycles. The molecule has 0 aliphatic carbocycles. The first-order chi connectivity index (χ1) is 23.6. The maximum atomic E-state index is 13.0. The van der Waals surface area contributed by atoms with Crippen molar-refractivity contribution in [2.24, 2.45) is 11.8 Å². The molecule has 0 aliphatic rings. The molecule has 1 N–H and O–H groups in total. The van der Waals surface area contributed by atoms with Gasteiger partial charge >= 0.3 is 18.0 Å². The van der Waals surface area contributed by atoms with E-state index >= 15 is 0 Å². The van der Waals surface area contributed by atoms with Crippen molar-refractivity contribution in [3.05, 3.63) is 0 Å². The Morgan fingerprint density at radius 2 is 1.00 bits per heavy atom. The van der Waals surface area contributed by atoms with E-state index in [1.54, 1.807) is 0 Å². The number of esters is 2. The van der Waals surface area contributed by atoms with Gasteiger partial charge in [-0.05, 0) is 131 Å². The van der Waals surface area contributed by atoms with Crippen LogP contribution in [0.5, 0.6) is 0 Å². The molecule has 290 valence electrons. The summed E-state index contributed by atoms with van der Waals surface area (Å²) in [6.07, 6.45) is 19.5. The number of hydrogen-bond donors (Lipinski definition) is 1. The zero-order chi connectivity index (χ0) is 36.7. The van der Waals surface area contributed by atoms with Gasteiger partial charge in [0.25, 0.3) is 0 Å². The van der Waals surface area contributed by atoms with Gasteiger partial charge in [0.05, 0.1) is 18.4 Å². The Labute approximate surface area is 302 Å². The molecule has 4 unspecified atom stereocenters. The number of carbonyl (C=O) groups is 3. The van der Waals surface area contributed by atoms with Crippen LogP contribution in [0.3, 0.4) is 0 Å². The normalized spacial score (nSPS) is 14.0. The first kappa shape index (κ1) is 47.1. The number of amides is 1. The van der Waals surface area contributed by atoms with E-state index in [1.807, 2.05) is 14.1 Å². The molecule has 0 aromatic carbocycles. The van der Waals surface area contributed by atoms with Crippen LogP contribution in [0.25, 0.3) is 0 Å². The summed E-state index contributed by atoms with van der Waals surface area (Å²) >= 11 is 0. The number of ether oxygens (including phenoxy) is 3. The Morgan fingerprint density at radius 3 is 1.53 bits per heavy atom. The summed E-state index contributed by atoms with van der Waals surface area (Å²) in [6, 6.07) is 0. The lowest BCUT2D eigenvalue weighted by molar-refractivity contribution is -0.155. The van der Waals surface area contributed by atoms with Crippen molar-refractivity contribution in [2.45, 2.75) is 175 Å². The molecule has 0 heterocycles. The van der Waals surface area contributed by atoms with Gasteiger partial charge in [-0.1, -0.05) is 72.6 Å². The fraction of sp³-hybridized carbons (Fsp3) is 0.925. The topological polar surface area (TPSA) is 97.4 Å². The highest BCUT2D eigenvalue weighted by Crippen LogP contribution is 2.21. The number of unbranched alkanes of at least 4 members (excludes halogenated alkanes) is 7. The van der Waals surface area contributed by atoms with Crippen LogP contribution in [0.2, 0.25) is 0 Å². The van der Waals surface area contributed by atoms with Gasteiger partial charge in [0.2, 0.25) is 0 Å². The van der Waals surface area contributed by atoms with Crippen LogP contribution in [-0.4, -0.2) is 94.5 Å². The Morgan fingerprint density at radius 1 is 0.531 bits per heavy atom. The smallest absolute Gasteiger partial charge is 0.407 e. The van der Waals surface area contributed by atoms with Gasteiger partial charge in [0.1, 0.15) is 12.2 Å². The molecule has 0 radical (unpaired) electrons. The second-order valence-corrected chi connectivity index (χ2v) is 14.6. The third-order valence-corrected chi connectivity index (χ3v) is 9.42. The van der Waals surface area contributed by atoms with E-state index in [0.29, 0.717) is 13.2 Å². The SMILES string of the molecule is CCCCC(CC)C(=O)OCCCCCCC(CCCCCC(CCCN(C)C)OC(=O)C(CC)CCCC)OC(=O)NCCCN(C)C. The van der Waals surface area contributed by atoms with Crippen LogP contribution in [0.4, 0.5) is 4.79 Å². The van der Waals surface area contributed by atoms with Crippen LogP contribution < -0.4 is 5.32 Å². The summed E-state index contributed by atoms with van der Waals surface area (Å²) < 4.78 is 17.6. The summed E-state index contributed by atoms with van der Waals surface area (Å²) in [5.41, 5.74) is 0. The maximum absolute atomic E-state index is 13.0. The molecule has 1 amide bonds. The van der Waals surface area contributed by atoms with E-state index in [-0.39, 0.29) is 42.1 Å². The van der Waals surface area contributed by atoms with E-state index in [1.165, 1.54) is 0 Å². The molecule has 9 nitrogen and oxygen atoms in total. The molecule has 4 atom stereocenters. The number of carbonyl (C=O) groups excluding carboxylic acids is 3. The number of rotatable bonds is 33. The Balaban J connectivity index is 4.84. The average molecular weight is 698 g/mol. The van der Waals surface area contributed by atoms with Gasteiger partial charge in [0.15, 0.2) is 0 Å². The van der Waals surface area contributed by atoms with Crippen molar-refractivity contribution < 1.29 is 28.6 Å². The molecule has 9 heteroatoms. The second-order valence-electron chi connectivity index (χ2n) is 14.6. The maximum Gasteiger partial charge on any atom is 0.407 e. The lowest BCUT2D eigenvalue weighted by atomic mass is 9.99. The molecule has 0 rings (SSSR count). The molecule has 0 aromatic rings. The van der Waals surface area contributed by atoms with Gasteiger partial charge in [-0.3, -0.25) is 9.59 Å². The highest BCUT2D eigenvalue weighted by molar-refractivity contribution is 5.72. The molecule has 0 fully saturated rings. The van der Waals surface area contributed by atoms with Crippen LogP contribution in [0.1, 0.15) is 163 Å². The molecule has 0 aromatic heterocycles. The minimum Gasteiger partial charge on any atom is -0.465 e. The molecule has 0 saturated carbocycles. The highest BCUT2D eigenvalue weighted by atomic mass is 16.6. The number of alkyl carbamates (subject to hydrolysis) is 1. The van der Waals surface area contributed by atoms with Crippen molar-refractivity contribution >= 4 is 18.0 Å². The average Bonchev–Trinajstić information content (AvgIpc) is 3.06. The quantitative estimate of drug-likeness (QED) is 0.0412. The Kier molecular flexibility index (Phi) is 30.8. The standard InChI is InChI=1S/C40H79N3O6/c1-9-13-24-34(11-3)38(44)47-33-21-16-15-18-27-37(49-40(46)41-30-23-32-43(7)8)28-20-17-19-26-36(29-22-31-42(5)6)48-39(45)35(12-4)25-14-10-2/h34-37H,9-33H2,1-8H3,(H,41,46). The van der Waals surface area contributed by atoms with Crippen molar-refractivity contribution in [3.8, 4) is 0 Å². The fourth-order valence-electron chi connectivity index (χ4n) is 6.12. The summed E-state index contributed by atoms with van der Waals surface area (Å²) in [4.78, 5) is 42.2. The van der Waals surface area contributed by atoms with Crippen molar-refractivity contribution in [1.82, 2.24) is 15.1 Å². The van der Waals surface area contributed by atoms with Gasteiger partial charge in [-0.2, -0.15) is 0 Å². The summed E-state index contributed by atoms with van der Waals surface area (Å²) in [5.74, 6) is -0.0376. The largest absolute Gasteiger partial charge is 0.465 e. The van der Waals surface area contributed by atoms with Crippen LogP contribution >= 0.6 is 0 Å². The van der Waals surface area contributed by atoms with Crippen molar-refractivity contribution in [3.63, 3.8) is 0 Å². The molecule has 49 heavy (non-hydrogen) atoms. The van der Waals surface area contributed by atoms with Crippen LogP contribution in [0, 0.1) is 11.8 Å². The molecular weight excluding hydrogens is 618 g/mol. The van der Waals surface area contributed by atoms with E-state index < -0.39 is 0 Å². The summed E-state index contributed by atoms with van der Waals surface area (Å²) in [5, 5.41) is 2.92. The van der Waals surface area contributed by atoms with Crippen LogP contribution in [0.15, 0.2) is 0 Å². The molecule has 0 saturated heterocycles. The predicted octanol–water partition coefficient (Wildman–Crippen LogP) is 9.16. The molecule has 0 bridgehead atoms. The van der Waals surface area contributed by atoms with E-state index in [0.717, 1.165) is 148 Å². The lowest BCUT2D eigenvalue weighted by Crippen LogP contribution is -2.31. The minimum absolute atomic E-state index is 0.00205. The summed E-state index contributed by atoms with van der Waals surface area (Å²) in [7, 11) is 8.21. The lowest BCUT2D eigenvalue weighted by Gasteiger charge is -2.22. The third kappa shape index (κ3) is 27.5. The van der Waals surface area contributed by atoms with Gasteiger partial charge < -0.3 is 29.3 Å². The van der Waals surface area contributed by atoms with E-state index in [9.17, 15) is 14.4 Å². The second kappa shape index (κ2) is 32.1. The number of hydrogen-bond acceptors (Lipinski definition) is 8. The van der Waals surface area contributed by atoms with E-state index in [2.05, 4.69) is 56.9 Å². The predicted molar refractivity (Wildman–Crippen MR) is 203 cm³/mol. The monoisotopic (exact) mass is 698 g/mol. The number of nitrogens with zero attached hydrogens (tertiary/aromatic N) is 2.